The summed E-state index contributed by atoms with van der Waals surface area (Å²) in [4.78, 5) is 11.0. The van der Waals surface area contributed by atoms with Gasteiger partial charge in [-0.2, -0.15) is 0 Å². The predicted molar refractivity (Wildman–Crippen MR) is 91.9 cm³/mol. The summed E-state index contributed by atoms with van der Waals surface area (Å²) in [7, 11) is 2.13. The van der Waals surface area contributed by atoms with Crippen molar-refractivity contribution >= 4 is 0 Å². The SMILES string of the molecule is Cc1cnccc1CN(C)Cc1nccn1Cc1ccccc1. The molecule has 0 unspecified atom stereocenters. The van der Waals surface area contributed by atoms with Crippen molar-refractivity contribution in [3.05, 3.63) is 83.7 Å². The Morgan fingerprint density at radius 2 is 1.87 bits per heavy atom. The molecule has 2 heterocycles. The van der Waals surface area contributed by atoms with Crippen LogP contribution in [0.15, 0.2) is 61.2 Å². The number of pyridine rings is 1. The minimum absolute atomic E-state index is 0.821. The van der Waals surface area contributed by atoms with E-state index in [4.69, 9.17) is 0 Å². The monoisotopic (exact) mass is 306 g/mol. The molecule has 0 amide bonds. The van der Waals surface area contributed by atoms with E-state index in [1.54, 1.807) is 0 Å². The first-order valence-corrected chi connectivity index (χ1v) is 7.84. The van der Waals surface area contributed by atoms with Gasteiger partial charge in [0.1, 0.15) is 5.82 Å². The van der Waals surface area contributed by atoms with Gasteiger partial charge in [0.25, 0.3) is 0 Å². The maximum atomic E-state index is 4.53. The van der Waals surface area contributed by atoms with Gasteiger partial charge in [0.15, 0.2) is 0 Å². The maximum absolute atomic E-state index is 4.53. The third-order valence-corrected chi connectivity index (χ3v) is 3.99. The van der Waals surface area contributed by atoms with Crippen molar-refractivity contribution in [3.8, 4) is 0 Å². The van der Waals surface area contributed by atoms with Gasteiger partial charge in [-0.1, -0.05) is 30.3 Å². The number of aryl methyl sites for hydroxylation is 1. The minimum atomic E-state index is 0.821. The lowest BCUT2D eigenvalue weighted by atomic mass is 10.1. The van der Waals surface area contributed by atoms with Crippen molar-refractivity contribution in [2.24, 2.45) is 0 Å². The molecule has 0 radical (unpaired) electrons. The molecule has 4 heteroatoms. The van der Waals surface area contributed by atoms with Gasteiger partial charge >= 0.3 is 0 Å². The Morgan fingerprint density at radius 1 is 1.04 bits per heavy atom. The molecule has 0 aliphatic rings. The van der Waals surface area contributed by atoms with Crippen LogP contribution in [0.4, 0.5) is 0 Å². The Balaban J connectivity index is 1.66. The fraction of sp³-hybridized carbons (Fsp3) is 0.263. The third kappa shape index (κ3) is 4.05. The Bertz CT molecular complexity index is 749. The smallest absolute Gasteiger partial charge is 0.123 e. The number of rotatable bonds is 6. The second-order valence-corrected chi connectivity index (χ2v) is 5.93. The molecule has 0 aliphatic heterocycles. The van der Waals surface area contributed by atoms with Gasteiger partial charge in [0.2, 0.25) is 0 Å². The van der Waals surface area contributed by atoms with Crippen LogP contribution in [0.3, 0.4) is 0 Å². The fourth-order valence-corrected chi connectivity index (χ4v) is 2.68. The van der Waals surface area contributed by atoms with Gasteiger partial charge in [-0.05, 0) is 36.7 Å². The van der Waals surface area contributed by atoms with Gasteiger partial charge in [0, 0.05) is 37.9 Å². The second kappa shape index (κ2) is 7.20. The van der Waals surface area contributed by atoms with Crippen LogP contribution in [-0.2, 0) is 19.6 Å². The van der Waals surface area contributed by atoms with Crippen molar-refractivity contribution in [1.29, 1.82) is 0 Å². The number of benzene rings is 1. The van der Waals surface area contributed by atoms with E-state index in [0.29, 0.717) is 0 Å². The van der Waals surface area contributed by atoms with E-state index in [9.17, 15) is 0 Å². The first-order chi connectivity index (χ1) is 11.2. The van der Waals surface area contributed by atoms with Crippen LogP contribution in [0.1, 0.15) is 22.5 Å². The molecule has 23 heavy (non-hydrogen) atoms. The van der Waals surface area contributed by atoms with E-state index in [1.165, 1.54) is 16.7 Å². The standard InChI is InChI=1S/C19H22N4/c1-16-12-20-9-8-18(16)14-22(2)15-19-21-10-11-23(19)13-17-6-4-3-5-7-17/h3-12H,13-15H2,1-2H3. The van der Waals surface area contributed by atoms with Crippen molar-refractivity contribution in [1.82, 2.24) is 19.4 Å². The summed E-state index contributed by atoms with van der Waals surface area (Å²) in [5.41, 5.74) is 3.83. The molecule has 0 atom stereocenters. The van der Waals surface area contributed by atoms with Gasteiger partial charge in [0.05, 0.1) is 6.54 Å². The van der Waals surface area contributed by atoms with Gasteiger partial charge in [-0.3, -0.25) is 9.88 Å². The van der Waals surface area contributed by atoms with E-state index in [2.05, 4.69) is 63.7 Å². The molecule has 0 saturated carbocycles. The molecule has 0 bridgehead atoms. The molecular weight excluding hydrogens is 284 g/mol. The molecular formula is C19H22N4. The number of hydrogen-bond donors (Lipinski definition) is 0. The molecule has 1 aromatic carbocycles. The molecule has 0 aliphatic carbocycles. The van der Waals surface area contributed by atoms with Gasteiger partial charge in [-0.15, -0.1) is 0 Å². The quantitative estimate of drug-likeness (QED) is 0.701. The Morgan fingerprint density at radius 3 is 2.65 bits per heavy atom. The topological polar surface area (TPSA) is 34.0 Å². The summed E-state index contributed by atoms with van der Waals surface area (Å²) in [6.45, 7) is 4.68. The summed E-state index contributed by atoms with van der Waals surface area (Å²) in [5.74, 6) is 1.09. The zero-order chi connectivity index (χ0) is 16.1. The van der Waals surface area contributed by atoms with E-state index in [-0.39, 0.29) is 0 Å². The first kappa shape index (κ1) is 15.4. The molecule has 0 fully saturated rings. The summed E-state index contributed by atoms with van der Waals surface area (Å²) in [5, 5.41) is 0. The van der Waals surface area contributed by atoms with Crippen molar-refractivity contribution in [3.63, 3.8) is 0 Å². The minimum Gasteiger partial charge on any atom is -0.329 e. The second-order valence-electron chi connectivity index (χ2n) is 5.93. The largest absolute Gasteiger partial charge is 0.329 e. The molecule has 4 nitrogen and oxygen atoms in total. The molecule has 2 aromatic heterocycles. The zero-order valence-electron chi connectivity index (χ0n) is 13.7. The number of hydrogen-bond acceptors (Lipinski definition) is 3. The van der Waals surface area contributed by atoms with Crippen molar-refractivity contribution in [2.45, 2.75) is 26.6 Å². The highest BCUT2D eigenvalue weighted by atomic mass is 15.2. The van der Waals surface area contributed by atoms with E-state index >= 15 is 0 Å². The molecule has 0 spiro atoms. The molecule has 118 valence electrons. The Labute approximate surface area is 137 Å². The van der Waals surface area contributed by atoms with Crippen LogP contribution in [-0.4, -0.2) is 26.5 Å². The van der Waals surface area contributed by atoms with Crippen LogP contribution in [0.2, 0.25) is 0 Å². The highest BCUT2D eigenvalue weighted by molar-refractivity contribution is 5.21. The highest BCUT2D eigenvalue weighted by Crippen LogP contribution is 2.11. The molecule has 0 N–H and O–H groups in total. The van der Waals surface area contributed by atoms with Crippen LogP contribution in [0, 0.1) is 6.92 Å². The van der Waals surface area contributed by atoms with Crippen molar-refractivity contribution < 1.29 is 0 Å². The predicted octanol–water partition coefficient (Wildman–Crippen LogP) is 3.27. The summed E-state index contributed by atoms with van der Waals surface area (Å²) >= 11 is 0. The fourth-order valence-electron chi connectivity index (χ4n) is 2.68. The Hall–Kier alpha value is -2.46. The zero-order valence-corrected chi connectivity index (χ0v) is 13.7. The number of aromatic nitrogens is 3. The molecule has 3 aromatic rings. The first-order valence-electron chi connectivity index (χ1n) is 7.84. The Kier molecular flexibility index (Phi) is 4.83. The van der Waals surface area contributed by atoms with Gasteiger partial charge in [-0.25, -0.2) is 4.98 Å². The van der Waals surface area contributed by atoms with E-state index in [0.717, 1.165) is 25.5 Å². The summed E-state index contributed by atoms with van der Waals surface area (Å²) < 4.78 is 2.21. The van der Waals surface area contributed by atoms with E-state index in [1.807, 2.05) is 30.9 Å². The molecule has 3 rings (SSSR count). The summed E-state index contributed by atoms with van der Waals surface area (Å²) in [6, 6.07) is 12.6. The highest BCUT2D eigenvalue weighted by Gasteiger charge is 2.09. The molecule has 0 saturated heterocycles. The van der Waals surface area contributed by atoms with Crippen LogP contribution in [0.5, 0.6) is 0 Å². The summed E-state index contributed by atoms with van der Waals surface area (Å²) in [6.07, 6.45) is 7.70. The van der Waals surface area contributed by atoms with Crippen LogP contribution >= 0.6 is 0 Å². The van der Waals surface area contributed by atoms with E-state index < -0.39 is 0 Å². The average Bonchev–Trinajstić information content (AvgIpc) is 2.97. The number of nitrogens with zero attached hydrogens (tertiary/aromatic N) is 4. The van der Waals surface area contributed by atoms with Crippen molar-refractivity contribution in [2.75, 3.05) is 7.05 Å². The lowest BCUT2D eigenvalue weighted by molar-refractivity contribution is 0.305. The maximum Gasteiger partial charge on any atom is 0.123 e. The number of imidazole rings is 1. The van der Waals surface area contributed by atoms with Crippen LogP contribution < -0.4 is 0 Å². The average molecular weight is 306 g/mol. The lowest BCUT2D eigenvalue weighted by Crippen LogP contribution is -2.20. The third-order valence-electron chi connectivity index (χ3n) is 3.99. The van der Waals surface area contributed by atoms with Crippen LogP contribution in [0.25, 0.3) is 0 Å². The lowest BCUT2D eigenvalue weighted by Gasteiger charge is -2.18. The van der Waals surface area contributed by atoms with Gasteiger partial charge < -0.3 is 4.57 Å². The normalized spacial score (nSPS) is 11.1.